The van der Waals surface area contributed by atoms with E-state index >= 15 is 0 Å². The van der Waals surface area contributed by atoms with Crippen molar-refractivity contribution in [2.75, 3.05) is 10.6 Å². The van der Waals surface area contributed by atoms with Gasteiger partial charge < -0.3 is 16.0 Å². The Hall–Kier alpha value is -3.95. The third-order valence-electron chi connectivity index (χ3n) is 6.60. The van der Waals surface area contributed by atoms with Crippen LogP contribution in [0.15, 0.2) is 83.9 Å². The Labute approximate surface area is 216 Å². The summed E-state index contributed by atoms with van der Waals surface area (Å²) in [5.41, 5.74) is 3.22. The number of amides is 2. The van der Waals surface area contributed by atoms with E-state index < -0.39 is 10.0 Å². The number of pyridine rings is 1. The number of carbonyl (C=O) groups excluding carboxylic acids is 1. The molecule has 1 aliphatic carbocycles. The molecule has 8 nitrogen and oxygen atoms in total. The Balaban J connectivity index is 1.41. The van der Waals surface area contributed by atoms with Gasteiger partial charge in [0.2, 0.25) is 10.0 Å². The van der Waals surface area contributed by atoms with Gasteiger partial charge in [-0.05, 0) is 65.8 Å². The molecule has 0 radical (unpaired) electrons. The lowest BCUT2D eigenvalue weighted by molar-refractivity contribution is 0.244. The minimum atomic E-state index is -3.82. The van der Waals surface area contributed by atoms with Crippen LogP contribution in [-0.2, 0) is 10.0 Å². The molecular weight excluding hydrogens is 486 g/mol. The highest BCUT2D eigenvalue weighted by Gasteiger charge is 2.16. The zero-order valence-corrected chi connectivity index (χ0v) is 21.1. The summed E-state index contributed by atoms with van der Waals surface area (Å²) in [5, 5.41) is 16.4. The number of benzene rings is 3. The molecule has 1 heterocycles. The lowest BCUT2D eigenvalue weighted by atomic mass is 9.96. The van der Waals surface area contributed by atoms with Crippen LogP contribution in [0.2, 0.25) is 0 Å². The first kappa shape index (κ1) is 24.7. The van der Waals surface area contributed by atoms with Gasteiger partial charge >= 0.3 is 6.03 Å². The predicted molar refractivity (Wildman–Crippen MR) is 147 cm³/mol. The second-order valence-corrected chi connectivity index (χ2v) is 10.8. The van der Waals surface area contributed by atoms with E-state index in [-0.39, 0.29) is 17.0 Å². The Morgan fingerprint density at radius 1 is 0.865 bits per heavy atom. The van der Waals surface area contributed by atoms with Crippen LogP contribution in [0, 0.1) is 0 Å². The molecule has 190 valence electrons. The topological polar surface area (TPSA) is 126 Å². The number of hydrogen-bond donors (Lipinski definition) is 4. The average molecular weight is 516 g/mol. The van der Waals surface area contributed by atoms with Gasteiger partial charge in [-0.2, -0.15) is 0 Å². The van der Waals surface area contributed by atoms with Crippen LogP contribution in [0.25, 0.3) is 21.9 Å². The molecule has 0 spiro atoms. The summed E-state index contributed by atoms with van der Waals surface area (Å²) in [6.45, 7) is 0. The molecule has 0 unspecified atom stereocenters. The molecule has 3 aromatic carbocycles. The molecule has 0 saturated heterocycles. The zero-order chi connectivity index (χ0) is 25.8. The third-order valence-corrected chi connectivity index (χ3v) is 7.51. The molecule has 0 bridgehead atoms. The van der Waals surface area contributed by atoms with E-state index in [0.29, 0.717) is 11.5 Å². The number of nitrogens with one attached hydrogen (secondary N) is 3. The van der Waals surface area contributed by atoms with Crippen LogP contribution in [0.4, 0.5) is 22.0 Å². The maximum absolute atomic E-state index is 12.6. The van der Waals surface area contributed by atoms with Gasteiger partial charge in [-0.15, -0.1) is 0 Å². The molecule has 5 N–H and O–H groups in total. The van der Waals surface area contributed by atoms with Crippen LogP contribution in [0.3, 0.4) is 0 Å². The highest BCUT2D eigenvalue weighted by atomic mass is 32.2. The van der Waals surface area contributed by atoms with E-state index in [1.807, 2.05) is 48.5 Å². The number of anilines is 3. The van der Waals surface area contributed by atoms with Gasteiger partial charge in [-0.25, -0.2) is 23.3 Å². The molecule has 0 aliphatic heterocycles. The minimum absolute atomic E-state index is 0.0234. The van der Waals surface area contributed by atoms with Gasteiger partial charge in [0.25, 0.3) is 0 Å². The number of urea groups is 1. The normalized spacial score (nSPS) is 14.3. The number of fused-ring (bicyclic) bond motifs is 1. The Kier molecular flexibility index (Phi) is 7.07. The van der Waals surface area contributed by atoms with Crippen molar-refractivity contribution in [1.82, 2.24) is 10.3 Å². The summed E-state index contributed by atoms with van der Waals surface area (Å²) >= 11 is 0. The molecule has 9 heteroatoms. The van der Waals surface area contributed by atoms with E-state index in [0.717, 1.165) is 53.3 Å². The quantitative estimate of drug-likeness (QED) is 0.260. The second kappa shape index (κ2) is 10.6. The maximum atomic E-state index is 12.6. The molecule has 1 fully saturated rings. The second-order valence-electron chi connectivity index (χ2n) is 9.27. The van der Waals surface area contributed by atoms with Gasteiger partial charge in [-0.1, -0.05) is 55.7 Å². The fourth-order valence-electron chi connectivity index (χ4n) is 4.81. The lowest BCUT2D eigenvalue weighted by Gasteiger charge is -2.23. The molecule has 2 amide bonds. The Bertz CT molecular complexity index is 1550. The number of sulfonamides is 1. The minimum Gasteiger partial charge on any atom is -0.340 e. The number of nitrogens with two attached hydrogens (primary N) is 1. The molecular formula is C28H29N5O3S. The SMILES string of the molecule is NS(=O)(=O)c1cccc(Nc2nccc3c(-c4cccc(NC(=O)NC5CCCCC5)c4)cccc23)c1. The van der Waals surface area contributed by atoms with Gasteiger partial charge in [-0.3, -0.25) is 0 Å². The van der Waals surface area contributed by atoms with E-state index in [4.69, 9.17) is 5.14 Å². The van der Waals surface area contributed by atoms with E-state index in [1.165, 1.54) is 18.6 Å². The smallest absolute Gasteiger partial charge is 0.319 e. The highest BCUT2D eigenvalue weighted by molar-refractivity contribution is 7.89. The number of primary sulfonamides is 1. The van der Waals surface area contributed by atoms with E-state index in [1.54, 1.807) is 18.3 Å². The number of rotatable bonds is 6. The summed E-state index contributed by atoms with van der Waals surface area (Å²) in [7, 11) is -3.82. The van der Waals surface area contributed by atoms with Crippen LogP contribution < -0.4 is 21.1 Å². The summed E-state index contributed by atoms with van der Waals surface area (Å²) in [6, 6.07) is 22.0. The number of carbonyl (C=O) groups is 1. The van der Waals surface area contributed by atoms with Crippen molar-refractivity contribution in [2.45, 2.75) is 43.0 Å². The van der Waals surface area contributed by atoms with Gasteiger partial charge in [0.1, 0.15) is 5.82 Å². The highest BCUT2D eigenvalue weighted by Crippen LogP contribution is 2.33. The van der Waals surface area contributed by atoms with Crippen molar-refractivity contribution >= 4 is 44.0 Å². The Morgan fingerprint density at radius 2 is 1.62 bits per heavy atom. The molecule has 1 aliphatic rings. The molecule has 5 rings (SSSR count). The summed E-state index contributed by atoms with van der Waals surface area (Å²) < 4.78 is 23.5. The van der Waals surface area contributed by atoms with Crippen molar-refractivity contribution in [1.29, 1.82) is 0 Å². The van der Waals surface area contributed by atoms with Crippen LogP contribution in [0.1, 0.15) is 32.1 Å². The number of aromatic nitrogens is 1. The fraction of sp³-hybridized carbons (Fsp3) is 0.214. The van der Waals surface area contributed by atoms with Crippen molar-refractivity contribution in [3.63, 3.8) is 0 Å². The first-order valence-electron chi connectivity index (χ1n) is 12.3. The van der Waals surface area contributed by atoms with Crippen molar-refractivity contribution in [3.8, 4) is 11.1 Å². The van der Waals surface area contributed by atoms with Crippen molar-refractivity contribution < 1.29 is 13.2 Å². The average Bonchev–Trinajstić information content (AvgIpc) is 2.89. The van der Waals surface area contributed by atoms with E-state index in [9.17, 15) is 13.2 Å². The number of hydrogen-bond acceptors (Lipinski definition) is 5. The largest absolute Gasteiger partial charge is 0.340 e. The summed E-state index contributed by atoms with van der Waals surface area (Å²) in [6.07, 6.45) is 7.31. The van der Waals surface area contributed by atoms with Crippen LogP contribution >= 0.6 is 0 Å². The van der Waals surface area contributed by atoms with Crippen molar-refractivity contribution in [2.24, 2.45) is 5.14 Å². The summed E-state index contributed by atoms with van der Waals surface area (Å²) in [4.78, 5) is 17.1. The standard InChI is InChI=1S/C28H29N5O3S/c29-37(35,36)23-12-5-11-22(18-23)31-27-26-14-6-13-24(25(26)15-16-30-27)19-7-4-10-21(17-19)33-28(34)32-20-8-2-1-3-9-20/h4-7,10-18,20H,1-3,8-9H2,(H,30,31)(H2,29,35,36)(H2,32,33,34). The molecule has 1 aromatic heterocycles. The molecule has 4 aromatic rings. The zero-order valence-electron chi connectivity index (χ0n) is 20.3. The lowest BCUT2D eigenvalue weighted by Crippen LogP contribution is -2.39. The van der Waals surface area contributed by atoms with Gasteiger partial charge in [0.05, 0.1) is 4.90 Å². The summed E-state index contributed by atoms with van der Waals surface area (Å²) in [5.74, 6) is 0.590. The maximum Gasteiger partial charge on any atom is 0.319 e. The molecule has 0 atom stereocenters. The first-order chi connectivity index (χ1) is 17.9. The first-order valence-corrected chi connectivity index (χ1v) is 13.9. The number of nitrogens with zero attached hydrogens (tertiary/aromatic N) is 1. The van der Waals surface area contributed by atoms with Crippen molar-refractivity contribution in [3.05, 3.63) is 79.0 Å². The van der Waals surface area contributed by atoms with Gasteiger partial charge in [0.15, 0.2) is 0 Å². The fourth-order valence-corrected chi connectivity index (χ4v) is 5.37. The third kappa shape index (κ3) is 5.90. The monoisotopic (exact) mass is 515 g/mol. The Morgan fingerprint density at radius 3 is 2.43 bits per heavy atom. The molecule has 1 saturated carbocycles. The van der Waals surface area contributed by atoms with Crippen LogP contribution in [0.5, 0.6) is 0 Å². The molecule has 37 heavy (non-hydrogen) atoms. The van der Waals surface area contributed by atoms with E-state index in [2.05, 4.69) is 20.9 Å². The predicted octanol–water partition coefficient (Wildman–Crippen LogP) is 5.75. The van der Waals surface area contributed by atoms with Gasteiger partial charge in [0, 0.05) is 29.0 Å². The van der Waals surface area contributed by atoms with Crippen LogP contribution in [-0.4, -0.2) is 25.5 Å².